The minimum atomic E-state index is -0.461. The Morgan fingerprint density at radius 2 is 2.47 bits per heavy atom. The molecule has 1 aliphatic rings. The fraction of sp³-hybridized carbons (Fsp3) is 0.667. The highest BCUT2D eigenvalue weighted by atomic mass is 32.1. The van der Waals surface area contributed by atoms with Crippen molar-refractivity contribution >= 4 is 17.2 Å². The van der Waals surface area contributed by atoms with Crippen LogP contribution in [0.3, 0.4) is 0 Å². The zero-order valence-corrected chi connectivity index (χ0v) is 10.8. The molecule has 2 rings (SSSR count). The van der Waals surface area contributed by atoms with E-state index < -0.39 is 6.10 Å². The number of thiazole rings is 1. The van der Waals surface area contributed by atoms with Gasteiger partial charge in [-0.1, -0.05) is 6.92 Å². The zero-order valence-electron chi connectivity index (χ0n) is 9.98. The van der Waals surface area contributed by atoms with Gasteiger partial charge >= 0.3 is 0 Å². The lowest BCUT2D eigenvalue weighted by Crippen LogP contribution is -2.34. The predicted molar refractivity (Wildman–Crippen MR) is 66.7 cm³/mol. The maximum atomic E-state index is 11.8. The predicted octanol–water partition coefficient (Wildman–Crippen LogP) is 1.48. The first kappa shape index (κ1) is 12.5. The molecule has 1 aliphatic carbocycles. The molecule has 1 amide bonds. The molecule has 5 heteroatoms. The molecule has 94 valence electrons. The van der Waals surface area contributed by atoms with Crippen molar-refractivity contribution in [3.8, 4) is 0 Å². The van der Waals surface area contributed by atoms with Crippen LogP contribution in [0.5, 0.6) is 0 Å². The van der Waals surface area contributed by atoms with E-state index in [1.54, 1.807) is 11.3 Å². The zero-order chi connectivity index (χ0) is 12.3. The Morgan fingerprint density at radius 1 is 1.65 bits per heavy atom. The molecule has 0 aromatic carbocycles. The number of aliphatic hydroxyl groups excluding tert-OH is 1. The first-order valence-corrected chi connectivity index (χ1v) is 6.97. The number of amides is 1. The molecule has 0 radical (unpaired) electrons. The fourth-order valence-corrected chi connectivity index (χ4v) is 2.89. The summed E-state index contributed by atoms with van der Waals surface area (Å²) in [5, 5.41) is 15.5. The summed E-state index contributed by atoms with van der Waals surface area (Å²) in [5.74, 6) is -0.264. The Kier molecular flexibility index (Phi) is 4.12. The van der Waals surface area contributed by atoms with Crippen LogP contribution in [0.25, 0.3) is 0 Å². The number of hydrogen-bond acceptors (Lipinski definition) is 4. The maximum absolute atomic E-state index is 11.8. The first-order valence-electron chi connectivity index (χ1n) is 6.09. The van der Waals surface area contributed by atoms with E-state index in [9.17, 15) is 9.90 Å². The Labute approximate surface area is 105 Å². The van der Waals surface area contributed by atoms with Gasteiger partial charge in [-0.3, -0.25) is 4.79 Å². The first-order chi connectivity index (χ1) is 8.20. The third-order valence-electron chi connectivity index (χ3n) is 3.16. The smallest absolute Gasteiger partial charge is 0.226 e. The number of nitrogens with zero attached hydrogens (tertiary/aromatic N) is 1. The van der Waals surface area contributed by atoms with E-state index in [0.29, 0.717) is 6.54 Å². The number of nitrogens with one attached hydrogen (secondary N) is 1. The maximum Gasteiger partial charge on any atom is 0.226 e. The number of rotatable bonds is 4. The van der Waals surface area contributed by atoms with Crippen LogP contribution in [0.2, 0.25) is 0 Å². The van der Waals surface area contributed by atoms with Gasteiger partial charge in [0.1, 0.15) is 0 Å². The molecule has 2 atom stereocenters. The lowest BCUT2D eigenvalue weighted by molar-refractivity contribution is -0.127. The normalized spacial score (nSPS) is 23.9. The molecule has 0 bridgehead atoms. The van der Waals surface area contributed by atoms with Crippen molar-refractivity contribution in [2.45, 2.75) is 45.3 Å². The summed E-state index contributed by atoms with van der Waals surface area (Å²) in [6, 6.07) is 0. The van der Waals surface area contributed by atoms with Crippen molar-refractivity contribution in [2.75, 3.05) is 0 Å². The minimum Gasteiger partial charge on any atom is -0.392 e. The lowest BCUT2D eigenvalue weighted by Gasteiger charge is -2.13. The SMILES string of the molecule is CCc1nc(CNC(=O)C2CCCC2O)cs1. The van der Waals surface area contributed by atoms with Gasteiger partial charge in [0, 0.05) is 5.38 Å². The molecular formula is C12H18N2O2S. The second kappa shape index (κ2) is 5.60. The van der Waals surface area contributed by atoms with E-state index in [2.05, 4.69) is 17.2 Å². The van der Waals surface area contributed by atoms with Crippen molar-refractivity contribution in [1.29, 1.82) is 0 Å². The molecular weight excluding hydrogens is 236 g/mol. The summed E-state index contributed by atoms with van der Waals surface area (Å²) in [6.07, 6.45) is 2.95. The second-order valence-electron chi connectivity index (χ2n) is 4.41. The molecule has 0 saturated heterocycles. The standard InChI is InChI=1S/C12H18N2O2S/c1-2-11-14-8(7-17-11)6-13-12(16)9-4-3-5-10(9)15/h7,9-10,15H,2-6H2,1H3,(H,13,16). The molecule has 4 nitrogen and oxygen atoms in total. The molecule has 17 heavy (non-hydrogen) atoms. The van der Waals surface area contributed by atoms with Gasteiger partial charge in [0.2, 0.25) is 5.91 Å². The Balaban J connectivity index is 1.83. The Bertz CT molecular complexity index is 392. The molecule has 2 unspecified atom stereocenters. The van der Waals surface area contributed by atoms with Crippen molar-refractivity contribution in [3.05, 3.63) is 16.1 Å². The van der Waals surface area contributed by atoms with E-state index in [-0.39, 0.29) is 11.8 Å². The number of carbonyl (C=O) groups is 1. The monoisotopic (exact) mass is 254 g/mol. The number of aliphatic hydroxyl groups is 1. The average molecular weight is 254 g/mol. The van der Waals surface area contributed by atoms with E-state index >= 15 is 0 Å². The van der Waals surface area contributed by atoms with Crippen LogP contribution in [-0.4, -0.2) is 22.1 Å². The van der Waals surface area contributed by atoms with Crippen molar-refractivity contribution < 1.29 is 9.90 Å². The van der Waals surface area contributed by atoms with Gasteiger partial charge in [-0.2, -0.15) is 0 Å². The van der Waals surface area contributed by atoms with Crippen molar-refractivity contribution in [1.82, 2.24) is 10.3 Å². The molecule has 1 aromatic heterocycles. The van der Waals surface area contributed by atoms with E-state index in [1.165, 1.54) is 0 Å². The number of hydrogen-bond donors (Lipinski definition) is 2. The van der Waals surface area contributed by atoms with Crippen LogP contribution in [0, 0.1) is 5.92 Å². The lowest BCUT2D eigenvalue weighted by atomic mass is 10.1. The van der Waals surface area contributed by atoms with Crippen molar-refractivity contribution in [2.24, 2.45) is 5.92 Å². The van der Waals surface area contributed by atoms with Crippen LogP contribution < -0.4 is 5.32 Å². The van der Waals surface area contributed by atoms with Crippen LogP contribution >= 0.6 is 11.3 Å². The summed E-state index contributed by atoms with van der Waals surface area (Å²) in [6.45, 7) is 2.54. The molecule has 1 saturated carbocycles. The Hall–Kier alpha value is -0.940. The number of carbonyl (C=O) groups excluding carboxylic acids is 1. The number of aryl methyl sites for hydroxylation is 1. The van der Waals surface area contributed by atoms with Crippen molar-refractivity contribution in [3.63, 3.8) is 0 Å². The summed E-state index contributed by atoms with van der Waals surface area (Å²) in [5.41, 5.74) is 0.910. The van der Waals surface area contributed by atoms with E-state index in [0.717, 1.165) is 36.4 Å². The van der Waals surface area contributed by atoms with E-state index in [1.807, 2.05) is 5.38 Å². The molecule has 1 heterocycles. The molecule has 1 aromatic rings. The summed E-state index contributed by atoms with van der Waals surface area (Å²) in [7, 11) is 0. The minimum absolute atomic E-state index is 0.0407. The quantitative estimate of drug-likeness (QED) is 0.855. The molecule has 0 spiro atoms. The highest BCUT2D eigenvalue weighted by Crippen LogP contribution is 2.25. The van der Waals surface area contributed by atoms with Gasteiger partial charge in [-0.15, -0.1) is 11.3 Å². The largest absolute Gasteiger partial charge is 0.392 e. The van der Waals surface area contributed by atoms with Crippen LogP contribution in [0.1, 0.15) is 36.9 Å². The van der Waals surface area contributed by atoms with Gasteiger partial charge in [-0.05, 0) is 25.7 Å². The molecule has 0 aliphatic heterocycles. The highest BCUT2D eigenvalue weighted by Gasteiger charge is 2.31. The van der Waals surface area contributed by atoms with Crippen LogP contribution in [0.15, 0.2) is 5.38 Å². The topological polar surface area (TPSA) is 62.2 Å². The third kappa shape index (κ3) is 3.04. The average Bonchev–Trinajstić information content (AvgIpc) is 2.94. The van der Waals surface area contributed by atoms with Gasteiger partial charge in [0.05, 0.1) is 29.3 Å². The number of aromatic nitrogens is 1. The summed E-state index contributed by atoms with van der Waals surface area (Å²) < 4.78 is 0. The van der Waals surface area contributed by atoms with Gasteiger partial charge < -0.3 is 10.4 Å². The van der Waals surface area contributed by atoms with Gasteiger partial charge in [0.15, 0.2) is 0 Å². The highest BCUT2D eigenvalue weighted by molar-refractivity contribution is 7.09. The second-order valence-corrected chi connectivity index (χ2v) is 5.35. The summed E-state index contributed by atoms with van der Waals surface area (Å²) >= 11 is 1.62. The van der Waals surface area contributed by atoms with Crippen LogP contribution in [-0.2, 0) is 17.8 Å². The van der Waals surface area contributed by atoms with Crippen LogP contribution in [0.4, 0.5) is 0 Å². The van der Waals surface area contributed by atoms with E-state index in [4.69, 9.17) is 0 Å². The fourth-order valence-electron chi connectivity index (χ4n) is 2.15. The van der Waals surface area contributed by atoms with Gasteiger partial charge in [0.25, 0.3) is 0 Å². The third-order valence-corrected chi connectivity index (χ3v) is 4.20. The molecule has 2 N–H and O–H groups in total. The molecule has 1 fully saturated rings. The Morgan fingerprint density at radius 3 is 3.06 bits per heavy atom. The van der Waals surface area contributed by atoms with Gasteiger partial charge in [-0.25, -0.2) is 4.98 Å². The summed E-state index contributed by atoms with van der Waals surface area (Å²) in [4.78, 5) is 16.2.